The Morgan fingerprint density at radius 2 is 2.10 bits per heavy atom. The first-order valence-corrected chi connectivity index (χ1v) is 7.28. The SMILES string of the molecule is CNCc1cccc(OC)c1OCC(=O)NCCC(C)C. The molecule has 0 saturated carbocycles. The van der Waals surface area contributed by atoms with Gasteiger partial charge < -0.3 is 20.1 Å². The fourth-order valence-corrected chi connectivity index (χ4v) is 1.90. The van der Waals surface area contributed by atoms with Crippen molar-refractivity contribution in [3.63, 3.8) is 0 Å². The van der Waals surface area contributed by atoms with Crippen LogP contribution in [0.5, 0.6) is 11.5 Å². The summed E-state index contributed by atoms with van der Waals surface area (Å²) < 4.78 is 10.9. The molecule has 0 aliphatic carbocycles. The first-order valence-electron chi connectivity index (χ1n) is 7.28. The summed E-state index contributed by atoms with van der Waals surface area (Å²) in [6.45, 7) is 5.58. The zero-order valence-corrected chi connectivity index (χ0v) is 13.4. The van der Waals surface area contributed by atoms with Gasteiger partial charge in [0.25, 0.3) is 5.91 Å². The molecule has 0 aliphatic rings. The molecule has 1 amide bonds. The van der Waals surface area contributed by atoms with Gasteiger partial charge in [-0.2, -0.15) is 0 Å². The van der Waals surface area contributed by atoms with E-state index in [1.807, 2.05) is 25.2 Å². The Hall–Kier alpha value is -1.75. The van der Waals surface area contributed by atoms with E-state index in [4.69, 9.17) is 9.47 Å². The molecule has 0 radical (unpaired) electrons. The number of ether oxygens (including phenoxy) is 2. The maximum atomic E-state index is 11.8. The minimum atomic E-state index is -0.114. The zero-order chi connectivity index (χ0) is 15.7. The van der Waals surface area contributed by atoms with Crippen LogP contribution in [-0.4, -0.2) is 33.2 Å². The van der Waals surface area contributed by atoms with Gasteiger partial charge in [0.15, 0.2) is 18.1 Å². The number of rotatable bonds is 9. The Kier molecular flexibility index (Phi) is 7.61. The Morgan fingerprint density at radius 3 is 2.71 bits per heavy atom. The largest absolute Gasteiger partial charge is 0.493 e. The van der Waals surface area contributed by atoms with Gasteiger partial charge >= 0.3 is 0 Å². The Labute approximate surface area is 127 Å². The van der Waals surface area contributed by atoms with Crippen LogP contribution < -0.4 is 20.1 Å². The van der Waals surface area contributed by atoms with Gasteiger partial charge in [-0.3, -0.25) is 4.79 Å². The van der Waals surface area contributed by atoms with Gasteiger partial charge in [-0.05, 0) is 25.5 Å². The molecule has 5 nitrogen and oxygen atoms in total. The average Bonchev–Trinajstić information content (AvgIpc) is 2.45. The predicted molar refractivity (Wildman–Crippen MR) is 83.7 cm³/mol. The second kappa shape index (κ2) is 9.23. The van der Waals surface area contributed by atoms with Gasteiger partial charge in [-0.25, -0.2) is 0 Å². The van der Waals surface area contributed by atoms with Crippen molar-refractivity contribution in [2.45, 2.75) is 26.8 Å². The maximum Gasteiger partial charge on any atom is 0.257 e. The molecule has 0 unspecified atom stereocenters. The van der Waals surface area contributed by atoms with Crippen molar-refractivity contribution in [3.05, 3.63) is 23.8 Å². The molecular weight excluding hydrogens is 268 g/mol. The molecular formula is C16H26N2O3. The van der Waals surface area contributed by atoms with Gasteiger partial charge in [0.1, 0.15) is 0 Å². The van der Waals surface area contributed by atoms with Crippen LogP contribution in [-0.2, 0) is 11.3 Å². The highest BCUT2D eigenvalue weighted by Crippen LogP contribution is 2.30. The molecule has 2 N–H and O–H groups in total. The van der Waals surface area contributed by atoms with Crippen molar-refractivity contribution < 1.29 is 14.3 Å². The maximum absolute atomic E-state index is 11.8. The molecule has 0 spiro atoms. The van der Waals surface area contributed by atoms with Crippen LogP contribution >= 0.6 is 0 Å². The third kappa shape index (κ3) is 6.04. The lowest BCUT2D eigenvalue weighted by Crippen LogP contribution is -2.30. The van der Waals surface area contributed by atoms with Crippen LogP contribution in [0.2, 0.25) is 0 Å². The molecule has 0 saturated heterocycles. The lowest BCUT2D eigenvalue weighted by molar-refractivity contribution is -0.123. The van der Waals surface area contributed by atoms with Gasteiger partial charge in [-0.15, -0.1) is 0 Å². The molecule has 0 heterocycles. The molecule has 5 heteroatoms. The minimum absolute atomic E-state index is 0.00478. The first-order chi connectivity index (χ1) is 10.1. The molecule has 1 aromatic rings. The van der Waals surface area contributed by atoms with E-state index in [0.717, 1.165) is 12.0 Å². The van der Waals surface area contributed by atoms with Crippen molar-refractivity contribution >= 4 is 5.91 Å². The van der Waals surface area contributed by atoms with Crippen LogP contribution in [0.1, 0.15) is 25.8 Å². The third-order valence-corrected chi connectivity index (χ3v) is 3.04. The summed E-state index contributed by atoms with van der Waals surface area (Å²) in [4.78, 5) is 11.8. The van der Waals surface area contributed by atoms with Crippen molar-refractivity contribution in [2.75, 3.05) is 27.3 Å². The van der Waals surface area contributed by atoms with Crippen molar-refractivity contribution in [1.29, 1.82) is 0 Å². The van der Waals surface area contributed by atoms with Gasteiger partial charge in [0, 0.05) is 18.7 Å². The molecule has 0 aromatic heterocycles. The second-order valence-electron chi connectivity index (χ2n) is 5.30. The lowest BCUT2D eigenvalue weighted by Gasteiger charge is -2.15. The van der Waals surface area contributed by atoms with E-state index in [-0.39, 0.29) is 12.5 Å². The summed E-state index contributed by atoms with van der Waals surface area (Å²) in [5.41, 5.74) is 0.965. The topological polar surface area (TPSA) is 59.6 Å². The van der Waals surface area contributed by atoms with Crippen molar-refractivity contribution in [1.82, 2.24) is 10.6 Å². The number of hydrogen-bond acceptors (Lipinski definition) is 4. The molecule has 21 heavy (non-hydrogen) atoms. The van der Waals surface area contributed by atoms with E-state index in [1.165, 1.54) is 0 Å². The molecule has 1 rings (SSSR count). The van der Waals surface area contributed by atoms with Crippen molar-refractivity contribution in [3.8, 4) is 11.5 Å². The number of benzene rings is 1. The third-order valence-electron chi connectivity index (χ3n) is 3.04. The monoisotopic (exact) mass is 294 g/mol. The van der Waals surface area contributed by atoms with E-state index < -0.39 is 0 Å². The summed E-state index contributed by atoms with van der Waals surface area (Å²) in [6, 6.07) is 5.68. The quantitative estimate of drug-likeness (QED) is 0.731. The Bertz CT molecular complexity index is 447. The molecule has 0 aliphatic heterocycles. The van der Waals surface area contributed by atoms with Crippen LogP contribution in [0.15, 0.2) is 18.2 Å². The highest BCUT2D eigenvalue weighted by molar-refractivity contribution is 5.77. The standard InChI is InChI=1S/C16H26N2O3/c1-12(2)8-9-18-15(19)11-21-16-13(10-17-3)6-5-7-14(16)20-4/h5-7,12,17H,8-11H2,1-4H3,(H,18,19). The van der Waals surface area contributed by atoms with E-state index >= 15 is 0 Å². The molecule has 1 aromatic carbocycles. The van der Waals surface area contributed by atoms with Gasteiger partial charge in [-0.1, -0.05) is 26.0 Å². The van der Waals surface area contributed by atoms with Crippen LogP contribution in [0, 0.1) is 5.92 Å². The summed E-state index contributed by atoms with van der Waals surface area (Å²) in [5.74, 6) is 1.71. The fourth-order valence-electron chi connectivity index (χ4n) is 1.90. The van der Waals surface area contributed by atoms with E-state index in [2.05, 4.69) is 24.5 Å². The average molecular weight is 294 g/mol. The van der Waals surface area contributed by atoms with E-state index in [9.17, 15) is 4.79 Å². The number of carbonyl (C=O) groups excluding carboxylic acids is 1. The van der Waals surface area contributed by atoms with Gasteiger partial charge in [0.05, 0.1) is 7.11 Å². The predicted octanol–water partition coefficient (Wildman–Crippen LogP) is 1.96. The van der Waals surface area contributed by atoms with E-state index in [1.54, 1.807) is 7.11 Å². The second-order valence-corrected chi connectivity index (χ2v) is 5.30. The van der Waals surface area contributed by atoms with Gasteiger partial charge in [0.2, 0.25) is 0 Å². The molecule has 0 bridgehead atoms. The fraction of sp³-hybridized carbons (Fsp3) is 0.562. The number of methoxy groups -OCH3 is 1. The first kappa shape index (κ1) is 17.3. The van der Waals surface area contributed by atoms with Crippen molar-refractivity contribution in [2.24, 2.45) is 5.92 Å². The zero-order valence-electron chi connectivity index (χ0n) is 13.4. The van der Waals surface area contributed by atoms with Crippen LogP contribution in [0.3, 0.4) is 0 Å². The summed E-state index contributed by atoms with van der Waals surface area (Å²) in [5, 5.41) is 5.93. The lowest BCUT2D eigenvalue weighted by atomic mass is 10.1. The molecule has 118 valence electrons. The number of carbonyl (C=O) groups is 1. The highest BCUT2D eigenvalue weighted by atomic mass is 16.5. The number of amides is 1. The van der Waals surface area contributed by atoms with Crippen LogP contribution in [0.4, 0.5) is 0 Å². The molecule has 0 atom stereocenters. The smallest absolute Gasteiger partial charge is 0.257 e. The van der Waals surface area contributed by atoms with Crippen LogP contribution in [0.25, 0.3) is 0 Å². The Morgan fingerprint density at radius 1 is 1.33 bits per heavy atom. The summed E-state index contributed by atoms with van der Waals surface area (Å²) in [6.07, 6.45) is 0.964. The highest BCUT2D eigenvalue weighted by Gasteiger charge is 2.12. The number of nitrogens with one attached hydrogen (secondary N) is 2. The molecule has 0 fully saturated rings. The number of para-hydroxylation sites is 1. The summed E-state index contributed by atoms with van der Waals surface area (Å²) in [7, 11) is 3.45. The number of hydrogen-bond donors (Lipinski definition) is 2. The Balaban J connectivity index is 2.59. The van der Waals surface area contributed by atoms with E-state index in [0.29, 0.717) is 30.5 Å². The minimum Gasteiger partial charge on any atom is -0.493 e. The summed E-state index contributed by atoms with van der Waals surface area (Å²) >= 11 is 0. The normalized spacial score (nSPS) is 10.5.